The van der Waals surface area contributed by atoms with E-state index in [0.717, 1.165) is 76.2 Å². The Kier molecular flexibility index (Phi) is 6.91. The molecule has 3 rings (SSSR count). The average molecular weight is 428 g/mol. The molecule has 0 aliphatic carbocycles. The lowest BCUT2D eigenvalue weighted by Crippen LogP contribution is -2.15. The van der Waals surface area contributed by atoms with Gasteiger partial charge in [-0.1, -0.05) is 20.8 Å². The highest BCUT2D eigenvalue weighted by Crippen LogP contribution is 2.27. The molecule has 0 spiro atoms. The van der Waals surface area contributed by atoms with Crippen LogP contribution < -0.4 is 5.32 Å². The van der Waals surface area contributed by atoms with Gasteiger partial charge in [-0.15, -0.1) is 0 Å². The lowest BCUT2D eigenvalue weighted by Gasteiger charge is -2.04. The van der Waals surface area contributed by atoms with Gasteiger partial charge in [-0.25, -0.2) is 0 Å². The Labute approximate surface area is 189 Å². The molecule has 3 N–H and O–H groups in total. The minimum Gasteiger partial charge on any atom is -0.348 e. The summed E-state index contributed by atoms with van der Waals surface area (Å²) in [4.78, 5) is 29.8. The molecule has 1 aliphatic heterocycles. The second-order valence-corrected chi connectivity index (χ2v) is 7.83. The van der Waals surface area contributed by atoms with Gasteiger partial charge in [-0.05, 0) is 97.6 Å². The highest BCUT2D eigenvalue weighted by molar-refractivity contribution is 6.00. The molecular weight excluding hydrogens is 398 g/mol. The predicted molar refractivity (Wildman–Crippen MR) is 128 cm³/mol. The standard InChI is InChI=1S/C27H29N3O2/c1-7-19-16(4)22(28-24(19)14-25-21(9-3)18(6)27(32)30-25)12-10-11-13-23-17(5)20(8-2)26(15-31)29-23/h14-15,28-29H,7-9H2,1-6H3,(H,30,32)/b25-14+. The number of aromatic nitrogens is 2. The van der Waals surface area contributed by atoms with Crippen LogP contribution in [0.1, 0.15) is 83.9 Å². The van der Waals surface area contributed by atoms with Crippen LogP contribution in [-0.2, 0) is 17.6 Å². The number of carbonyl (C=O) groups is 2. The number of rotatable bonds is 5. The van der Waals surface area contributed by atoms with Crippen LogP contribution >= 0.6 is 0 Å². The fraction of sp³-hybridized carbons (Fsp3) is 0.333. The molecule has 0 atom stereocenters. The van der Waals surface area contributed by atoms with E-state index in [1.54, 1.807) is 0 Å². The summed E-state index contributed by atoms with van der Waals surface area (Å²) in [5.41, 5.74) is 10.0. The van der Waals surface area contributed by atoms with Crippen LogP contribution in [0.4, 0.5) is 0 Å². The quantitative estimate of drug-likeness (QED) is 0.485. The molecule has 0 saturated heterocycles. The van der Waals surface area contributed by atoms with E-state index in [1.807, 2.05) is 33.8 Å². The van der Waals surface area contributed by atoms with Gasteiger partial charge in [0.1, 0.15) is 0 Å². The summed E-state index contributed by atoms with van der Waals surface area (Å²) in [7, 11) is 0. The van der Waals surface area contributed by atoms with Gasteiger partial charge in [0.05, 0.1) is 17.1 Å². The number of allylic oxidation sites excluding steroid dienone is 1. The Morgan fingerprint density at radius 1 is 0.812 bits per heavy atom. The summed E-state index contributed by atoms with van der Waals surface area (Å²) < 4.78 is 0. The lowest BCUT2D eigenvalue weighted by atomic mass is 10.0. The van der Waals surface area contributed by atoms with Gasteiger partial charge in [0, 0.05) is 17.0 Å². The van der Waals surface area contributed by atoms with Crippen molar-refractivity contribution in [3.8, 4) is 23.7 Å². The van der Waals surface area contributed by atoms with E-state index >= 15 is 0 Å². The van der Waals surface area contributed by atoms with Crippen molar-refractivity contribution < 1.29 is 9.59 Å². The van der Waals surface area contributed by atoms with E-state index in [1.165, 1.54) is 5.56 Å². The van der Waals surface area contributed by atoms with Crippen LogP contribution in [0.2, 0.25) is 0 Å². The van der Waals surface area contributed by atoms with Gasteiger partial charge in [-0.3, -0.25) is 9.59 Å². The zero-order valence-corrected chi connectivity index (χ0v) is 19.6. The molecule has 1 aliphatic rings. The molecule has 2 aromatic rings. The van der Waals surface area contributed by atoms with Gasteiger partial charge in [0.25, 0.3) is 5.91 Å². The zero-order valence-electron chi connectivity index (χ0n) is 19.6. The maximum absolute atomic E-state index is 12.1. The molecule has 0 bridgehead atoms. The molecular formula is C27H29N3O2. The first-order valence-electron chi connectivity index (χ1n) is 11.0. The number of hydrogen-bond donors (Lipinski definition) is 3. The molecule has 0 unspecified atom stereocenters. The summed E-state index contributed by atoms with van der Waals surface area (Å²) in [6, 6.07) is 0. The first kappa shape index (κ1) is 23.0. The molecule has 0 aromatic carbocycles. The molecule has 5 heteroatoms. The van der Waals surface area contributed by atoms with Crippen LogP contribution in [0.25, 0.3) is 6.08 Å². The van der Waals surface area contributed by atoms with E-state index in [0.29, 0.717) is 5.69 Å². The second kappa shape index (κ2) is 9.62. The fourth-order valence-corrected chi connectivity index (χ4v) is 4.24. The molecule has 3 heterocycles. The number of nitrogens with one attached hydrogen (secondary N) is 3. The summed E-state index contributed by atoms with van der Waals surface area (Å²) in [6.07, 6.45) is 5.26. The number of hydrogen-bond acceptors (Lipinski definition) is 2. The third-order valence-electron chi connectivity index (χ3n) is 6.10. The number of H-pyrrole nitrogens is 2. The molecule has 2 aromatic heterocycles. The minimum atomic E-state index is -0.0340. The Morgan fingerprint density at radius 2 is 1.34 bits per heavy atom. The van der Waals surface area contributed by atoms with Crippen LogP contribution in [0.15, 0.2) is 16.8 Å². The van der Waals surface area contributed by atoms with E-state index in [9.17, 15) is 9.59 Å². The van der Waals surface area contributed by atoms with E-state index in [2.05, 4.69) is 52.8 Å². The Balaban J connectivity index is 1.93. The third kappa shape index (κ3) is 4.20. The molecule has 1 amide bonds. The smallest absolute Gasteiger partial charge is 0.251 e. The topological polar surface area (TPSA) is 77.8 Å². The summed E-state index contributed by atoms with van der Waals surface area (Å²) in [5, 5.41) is 2.97. The minimum absolute atomic E-state index is 0.0340. The van der Waals surface area contributed by atoms with Crippen molar-refractivity contribution in [1.29, 1.82) is 0 Å². The first-order valence-corrected chi connectivity index (χ1v) is 11.0. The van der Waals surface area contributed by atoms with Crippen LogP contribution in [0, 0.1) is 37.5 Å². The normalized spacial score (nSPS) is 14.2. The fourth-order valence-electron chi connectivity index (χ4n) is 4.24. The van der Waals surface area contributed by atoms with Gasteiger partial charge >= 0.3 is 0 Å². The Bertz CT molecular complexity index is 1270. The second-order valence-electron chi connectivity index (χ2n) is 7.83. The molecule has 32 heavy (non-hydrogen) atoms. The van der Waals surface area contributed by atoms with Crippen molar-refractivity contribution >= 4 is 18.3 Å². The Morgan fingerprint density at radius 3 is 1.81 bits per heavy atom. The van der Waals surface area contributed by atoms with Gasteiger partial charge in [0.2, 0.25) is 0 Å². The average Bonchev–Trinajstić information content (AvgIpc) is 3.35. The summed E-state index contributed by atoms with van der Waals surface area (Å²) in [5.74, 6) is 11.9. The van der Waals surface area contributed by atoms with E-state index in [4.69, 9.17) is 0 Å². The molecule has 5 nitrogen and oxygen atoms in total. The van der Waals surface area contributed by atoms with Gasteiger partial charge < -0.3 is 15.3 Å². The maximum atomic E-state index is 12.1. The molecule has 164 valence electrons. The SMILES string of the molecule is CCC1=C(C)C(=O)N/C1=C/c1[nH]c(C#CC#Cc2[nH]c(C=O)c(CC)c2C)c(C)c1CC. The van der Waals surface area contributed by atoms with E-state index < -0.39 is 0 Å². The van der Waals surface area contributed by atoms with Crippen molar-refractivity contribution in [2.75, 3.05) is 0 Å². The zero-order chi connectivity index (χ0) is 23.4. The van der Waals surface area contributed by atoms with Crippen molar-refractivity contribution in [1.82, 2.24) is 15.3 Å². The number of aromatic amines is 2. The maximum Gasteiger partial charge on any atom is 0.251 e. The van der Waals surface area contributed by atoms with Crippen molar-refractivity contribution in [3.63, 3.8) is 0 Å². The largest absolute Gasteiger partial charge is 0.348 e. The van der Waals surface area contributed by atoms with Crippen molar-refractivity contribution in [2.45, 2.75) is 60.8 Å². The van der Waals surface area contributed by atoms with Crippen LogP contribution in [0.5, 0.6) is 0 Å². The summed E-state index contributed by atoms with van der Waals surface area (Å²) >= 11 is 0. The molecule has 0 radical (unpaired) electrons. The lowest BCUT2D eigenvalue weighted by molar-refractivity contribution is -0.116. The van der Waals surface area contributed by atoms with Crippen molar-refractivity contribution in [3.05, 3.63) is 61.9 Å². The first-order chi connectivity index (χ1) is 15.4. The number of carbonyl (C=O) groups excluding carboxylic acids is 2. The number of aldehydes is 1. The molecule has 0 saturated carbocycles. The van der Waals surface area contributed by atoms with Gasteiger partial charge in [-0.2, -0.15) is 0 Å². The highest BCUT2D eigenvalue weighted by atomic mass is 16.2. The van der Waals surface area contributed by atoms with Crippen molar-refractivity contribution in [2.24, 2.45) is 0 Å². The highest BCUT2D eigenvalue weighted by Gasteiger charge is 2.23. The third-order valence-corrected chi connectivity index (χ3v) is 6.10. The van der Waals surface area contributed by atoms with Crippen LogP contribution in [-0.4, -0.2) is 22.2 Å². The Hall–Kier alpha value is -3.70. The summed E-state index contributed by atoms with van der Waals surface area (Å²) in [6.45, 7) is 12.0. The number of amides is 1. The molecule has 0 fully saturated rings. The van der Waals surface area contributed by atoms with Gasteiger partial charge in [0.15, 0.2) is 6.29 Å². The van der Waals surface area contributed by atoms with Crippen LogP contribution in [0.3, 0.4) is 0 Å². The van der Waals surface area contributed by atoms with E-state index in [-0.39, 0.29) is 5.91 Å². The monoisotopic (exact) mass is 427 g/mol. The predicted octanol–water partition coefficient (Wildman–Crippen LogP) is 4.50.